The monoisotopic (exact) mass is 275 g/mol. The topological polar surface area (TPSA) is 28.2 Å². The van der Waals surface area contributed by atoms with Crippen molar-refractivity contribution in [1.82, 2.24) is 15.2 Å². The van der Waals surface area contributed by atoms with Gasteiger partial charge in [0, 0.05) is 17.5 Å². The Morgan fingerprint density at radius 1 is 1.21 bits per heavy atom. The van der Waals surface area contributed by atoms with E-state index in [1.54, 1.807) is 11.3 Å². The number of rotatable bonds is 7. The fourth-order valence-electron chi connectivity index (χ4n) is 1.85. The van der Waals surface area contributed by atoms with E-state index in [2.05, 4.69) is 46.8 Å². The Morgan fingerprint density at radius 3 is 2.74 bits per heavy atom. The molecule has 0 radical (unpaired) electrons. The predicted molar refractivity (Wildman–Crippen MR) is 82.4 cm³/mol. The number of nitrogens with zero attached hydrogens (tertiary/aromatic N) is 2. The van der Waals surface area contributed by atoms with Crippen molar-refractivity contribution in [2.45, 2.75) is 13.0 Å². The first-order valence-corrected chi connectivity index (χ1v) is 7.49. The van der Waals surface area contributed by atoms with Crippen molar-refractivity contribution in [3.8, 4) is 11.3 Å². The minimum Gasteiger partial charge on any atom is -0.310 e. The lowest BCUT2D eigenvalue weighted by atomic mass is 10.2. The summed E-state index contributed by atoms with van der Waals surface area (Å²) in [5.74, 6) is 0. The summed E-state index contributed by atoms with van der Waals surface area (Å²) in [4.78, 5) is 6.87. The summed E-state index contributed by atoms with van der Waals surface area (Å²) in [7, 11) is 4.21. The Kier molecular flexibility index (Phi) is 5.51. The number of aromatic nitrogens is 1. The standard InChI is InChI=1S/C15H21N3S/c1-18(2)10-6-9-16-11-15-17-14(12-19-15)13-7-4-3-5-8-13/h3-5,7-8,12,16H,6,9-11H2,1-2H3. The maximum Gasteiger partial charge on any atom is 0.107 e. The van der Waals surface area contributed by atoms with E-state index in [9.17, 15) is 0 Å². The van der Waals surface area contributed by atoms with Crippen LogP contribution in [-0.2, 0) is 6.54 Å². The first-order valence-electron chi connectivity index (χ1n) is 6.61. The average Bonchev–Trinajstić information content (AvgIpc) is 2.88. The van der Waals surface area contributed by atoms with Crippen LogP contribution in [0.15, 0.2) is 35.7 Å². The summed E-state index contributed by atoms with van der Waals surface area (Å²) >= 11 is 1.72. The maximum atomic E-state index is 4.66. The van der Waals surface area contributed by atoms with Crippen molar-refractivity contribution in [1.29, 1.82) is 0 Å². The Morgan fingerprint density at radius 2 is 2.00 bits per heavy atom. The van der Waals surface area contributed by atoms with Crippen molar-refractivity contribution in [2.75, 3.05) is 27.2 Å². The van der Waals surface area contributed by atoms with Crippen molar-refractivity contribution in [3.05, 3.63) is 40.7 Å². The van der Waals surface area contributed by atoms with Crippen LogP contribution < -0.4 is 5.32 Å². The van der Waals surface area contributed by atoms with Gasteiger partial charge in [0.15, 0.2) is 0 Å². The zero-order valence-corrected chi connectivity index (χ0v) is 12.4. The van der Waals surface area contributed by atoms with Crippen molar-refractivity contribution in [2.24, 2.45) is 0 Å². The molecule has 19 heavy (non-hydrogen) atoms. The molecule has 0 bridgehead atoms. The highest BCUT2D eigenvalue weighted by Gasteiger charge is 2.03. The van der Waals surface area contributed by atoms with Gasteiger partial charge in [-0.2, -0.15) is 0 Å². The van der Waals surface area contributed by atoms with E-state index >= 15 is 0 Å². The van der Waals surface area contributed by atoms with Gasteiger partial charge in [0.05, 0.1) is 5.69 Å². The molecular weight excluding hydrogens is 254 g/mol. The smallest absolute Gasteiger partial charge is 0.107 e. The first kappa shape index (κ1) is 14.2. The molecule has 2 rings (SSSR count). The van der Waals surface area contributed by atoms with E-state index in [1.807, 2.05) is 18.2 Å². The van der Waals surface area contributed by atoms with Gasteiger partial charge in [-0.1, -0.05) is 30.3 Å². The number of benzene rings is 1. The molecule has 1 aromatic carbocycles. The van der Waals surface area contributed by atoms with Crippen LogP contribution in [-0.4, -0.2) is 37.1 Å². The Bertz CT molecular complexity index is 479. The van der Waals surface area contributed by atoms with Gasteiger partial charge in [-0.15, -0.1) is 11.3 Å². The van der Waals surface area contributed by atoms with Crippen LogP contribution in [0.25, 0.3) is 11.3 Å². The Hall–Kier alpha value is -1.23. The fourth-order valence-corrected chi connectivity index (χ4v) is 2.62. The lowest BCUT2D eigenvalue weighted by molar-refractivity contribution is 0.394. The molecule has 102 valence electrons. The molecule has 0 saturated heterocycles. The van der Waals surface area contributed by atoms with Gasteiger partial charge in [0.1, 0.15) is 5.01 Å². The molecule has 0 saturated carbocycles. The van der Waals surface area contributed by atoms with Crippen LogP contribution in [0, 0.1) is 0 Å². The van der Waals surface area contributed by atoms with Crippen LogP contribution >= 0.6 is 11.3 Å². The van der Waals surface area contributed by atoms with E-state index in [0.717, 1.165) is 30.3 Å². The third-order valence-corrected chi connectivity index (χ3v) is 3.71. The quantitative estimate of drug-likeness (QED) is 0.788. The van der Waals surface area contributed by atoms with E-state index in [4.69, 9.17) is 0 Å². The molecule has 0 aliphatic heterocycles. The summed E-state index contributed by atoms with van der Waals surface area (Å²) in [6.45, 7) is 3.03. The minimum atomic E-state index is 0.866. The van der Waals surface area contributed by atoms with Crippen LogP contribution in [0.5, 0.6) is 0 Å². The van der Waals surface area contributed by atoms with E-state index in [1.165, 1.54) is 12.0 Å². The van der Waals surface area contributed by atoms with Gasteiger partial charge in [-0.3, -0.25) is 0 Å². The van der Waals surface area contributed by atoms with E-state index < -0.39 is 0 Å². The molecule has 0 fully saturated rings. The molecule has 1 N–H and O–H groups in total. The van der Waals surface area contributed by atoms with Gasteiger partial charge in [0.25, 0.3) is 0 Å². The summed E-state index contributed by atoms with van der Waals surface area (Å²) in [5.41, 5.74) is 2.27. The van der Waals surface area contributed by atoms with E-state index in [0.29, 0.717) is 0 Å². The van der Waals surface area contributed by atoms with E-state index in [-0.39, 0.29) is 0 Å². The third-order valence-electron chi connectivity index (χ3n) is 2.86. The van der Waals surface area contributed by atoms with Gasteiger partial charge < -0.3 is 10.2 Å². The molecule has 2 aromatic rings. The number of thiazole rings is 1. The summed E-state index contributed by atoms with van der Waals surface area (Å²) in [6.07, 6.45) is 1.17. The molecule has 0 spiro atoms. The van der Waals surface area contributed by atoms with Crippen LogP contribution in [0.1, 0.15) is 11.4 Å². The number of hydrogen-bond acceptors (Lipinski definition) is 4. The molecule has 1 heterocycles. The number of nitrogens with one attached hydrogen (secondary N) is 1. The predicted octanol–water partition coefficient (Wildman–Crippen LogP) is 2.85. The highest BCUT2D eigenvalue weighted by atomic mass is 32.1. The molecule has 4 heteroatoms. The summed E-state index contributed by atoms with van der Waals surface area (Å²) < 4.78 is 0. The molecule has 0 aliphatic rings. The van der Waals surface area contributed by atoms with Gasteiger partial charge in [-0.05, 0) is 33.6 Å². The first-order chi connectivity index (χ1) is 9.25. The molecule has 0 aliphatic carbocycles. The lowest BCUT2D eigenvalue weighted by Crippen LogP contribution is -2.20. The Balaban J connectivity index is 1.78. The molecule has 3 nitrogen and oxygen atoms in total. The third kappa shape index (κ3) is 4.74. The SMILES string of the molecule is CN(C)CCCNCc1nc(-c2ccccc2)cs1. The average molecular weight is 275 g/mol. The van der Waals surface area contributed by atoms with Gasteiger partial charge >= 0.3 is 0 Å². The zero-order valence-electron chi connectivity index (χ0n) is 11.6. The maximum absolute atomic E-state index is 4.66. The lowest BCUT2D eigenvalue weighted by Gasteiger charge is -2.08. The second kappa shape index (κ2) is 7.38. The number of hydrogen-bond donors (Lipinski definition) is 1. The summed E-state index contributed by atoms with van der Waals surface area (Å²) in [6, 6.07) is 10.3. The highest BCUT2D eigenvalue weighted by molar-refractivity contribution is 7.09. The Labute approximate surface area is 119 Å². The summed E-state index contributed by atoms with van der Waals surface area (Å²) in [5, 5.41) is 6.73. The van der Waals surface area contributed by atoms with Gasteiger partial charge in [-0.25, -0.2) is 4.98 Å². The second-order valence-corrected chi connectivity index (χ2v) is 5.77. The molecule has 0 atom stereocenters. The second-order valence-electron chi connectivity index (χ2n) is 4.83. The van der Waals surface area contributed by atoms with Crippen LogP contribution in [0.4, 0.5) is 0 Å². The molecule has 0 amide bonds. The van der Waals surface area contributed by atoms with Gasteiger partial charge in [0.2, 0.25) is 0 Å². The zero-order chi connectivity index (χ0) is 13.5. The molecular formula is C15H21N3S. The van der Waals surface area contributed by atoms with Crippen LogP contribution in [0.2, 0.25) is 0 Å². The largest absolute Gasteiger partial charge is 0.310 e. The van der Waals surface area contributed by atoms with Crippen molar-refractivity contribution < 1.29 is 0 Å². The van der Waals surface area contributed by atoms with Crippen molar-refractivity contribution >= 4 is 11.3 Å². The molecule has 1 aromatic heterocycles. The normalized spacial score (nSPS) is 11.1. The fraction of sp³-hybridized carbons (Fsp3) is 0.400. The van der Waals surface area contributed by atoms with Crippen molar-refractivity contribution in [3.63, 3.8) is 0 Å². The molecule has 0 unspecified atom stereocenters. The highest BCUT2D eigenvalue weighted by Crippen LogP contribution is 2.21. The minimum absolute atomic E-state index is 0.866. The van der Waals surface area contributed by atoms with Crippen LogP contribution in [0.3, 0.4) is 0 Å².